The quantitative estimate of drug-likeness (QED) is 0.367. The van der Waals surface area contributed by atoms with Crippen LogP contribution in [0.5, 0.6) is 0 Å². The maximum Gasteiger partial charge on any atom is 0.258 e. The lowest BCUT2D eigenvalue weighted by atomic mass is 9.88. The molecule has 1 N–H and O–H groups in total. The van der Waals surface area contributed by atoms with E-state index in [0.717, 1.165) is 17.7 Å². The van der Waals surface area contributed by atoms with Gasteiger partial charge in [-0.25, -0.2) is 4.98 Å². The van der Waals surface area contributed by atoms with Crippen molar-refractivity contribution in [2.45, 2.75) is 45.6 Å². The monoisotopic (exact) mass is 497 g/mol. The van der Waals surface area contributed by atoms with E-state index in [-0.39, 0.29) is 23.2 Å². The molecular formula is C29H31N5O3. The number of aryl methyl sites for hydroxylation is 2. The molecule has 0 spiro atoms. The number of para-hydroxylation sites is 1. The van der Waals surface area contributed by atoms with E-state index < -0.39 is 0 Å². The number of aromatic amines is 1. The number of piperidine rings is 1. The number of carbonyl (C=O) groups excluding carboxylic acids is 2. The van der Waals surface area contributed by atoms with Gasteiger partial charge in [-0.1, -0.05) is 36.4 Å². The third-order valence-electron chi connectivity index (χ3n) is 7.14. The topological polar surface area (TPSA) is 101 Å². The van der Waals surface area contributed by atoms with E-state index in [4.69, 9.17) is 0 Å². The lowest BCUT2D eigenvalue weighted by Crippen LogP contribution is -2.40. The number of benzene rings is 2. The van der Waals surface area contributed by atoms with Crippen LogP contribution in [0.2, 0.25) is 0 Å². The van der Waals surface area contributed by atoms with Gasteiger partial charge in [-0.3, -0.25) is 19.1 Å². The van der Waals surface area contributed by atoms with Crippen molar-refractivity contribution >= 4 is 22.6 Å². The number of aromatic nitrogens is 4. The van der Waals surface area contributed by atoms with E-state index in [9.17, 15) is 14.4 Å². The summed E-state index contributed by atoms with van der Waals surface area (Å²) in [7, 11) is 0. The van der Waals surface area contributed by atoms with Crippen LogP contribution in [-0.2, 0) is 17.8 Å². The highest BCUT2D eigenvalue weighted by molar-refractivity contribution is 5.98. The standard InChI is InChI=1S/C29H31N5O3/c1-2-34-19-23(18-30-34)20-10-12-21(13-11-20)28(36)22-14-16-33(17-15-22)27(35)9-5-8-26-31-25-7-4-3-6-24(25)29(37)32-26/h3-4,6-7,10-13,18-19,22H,2,5,8-9,14-17H2,1H3,(H,31,32,37). The number of carbonyl (C=O) groups is 2. The molecular weight excluding hydrogens is 466 g/mol. The molecule has 4 aromatic rings. The highest BCUT2D eigenvalue weighted by Gasteiger charge is 2.27. The summed E-state index contributed by atoms with van der Waals surface area (Å²) in [6.07, 6.45) is 6.74. The number of hydrogen-bond donors (Lipinski definition) is 1. The average molecular weight is 498 g/mol. The summed E-state index contributed by atoms with van der Waals surface area (Å²) >= 11 is 0. The predicted octanol–water partition coefficient (Wildman–Crippen LogP) is 4.25. The lowest BCUT2D eigenvalue weighted by molar-refractivity contribution is -0.132. The predicted molar refractivity (Wildman–Crippen MR) is 142 cm³/mol. The Morgan fingerprint density at radius 2 is 1.78 bits per heavy atom. The Bertz CT molecular complexity index is 1460. The molecule has 0 radical (unpaired) electrons. The molecule has 0 saturated carbocycles. The third-order valence-corrected chi connectivity index (χ3v) is 7.14. The number of nitrogens with one attached hydrogen (secondary N) is 1. The second-order valence-corrected chi connectivity index (χ2v) is 9.56. The fourth-order valence-corrected chi connectivity index (χ4v) is 4.96. The molecule has 3 heterocycles. The van der Waals surface area contributed by atoms with E-state index in [2.05, 4.69) is 15.1 Å². The molecule has 5 rings (SSSR count). The molecule has 1 aliphatic heterocycles. The second-order valence-electron chi connectivity index (χ2n) is 9.56. The first-order valence-electron chi connectivity index (χ1n) is 12.9. The van der Waals surface area contributed by atoms with Gasteiger partial charge in [0.15, 0.2) is 5.78 Å². The highest BCUT2D eigenvalue weighted by Crippen LogP contribution is 2.25. The van der Waals surface area contributed by atoms with Gasteiger partial charge in [0.1, 0.15) is 5.82 Å². The molecule has 0 bridgehead atoms. The van der Waals surface area contributed by atoms with Crippen LogP contribution in [0.4, 0.5) is 0 Å². The molecule has 1 aliphatic rings. The zero-order valence-corrected chi connectivity index (χ0v) is 21.0. The number of ketones is 1. The summed E-state index contributed by atoms with van der Waals surface area (Å²) in [6, 6.07) is 15.0. The van der Waals surface area contributed by atoms with Crippen LogP contribution in [0.25, 0.3) is 22.0 Å². The molecule has 1 saturated heterocycles. The molecule has 1 fully saturated rings. The Labute approximate surface area is 215 Å². The second kappa shape index (κ2) is 10.9. The molecule has 0 aliphatic carbocycles. The van der Waals surface area contributed by atoms with Gasteiger partial charge in [-0.2, -0.15) is 5.10 Å². The summed E-state index contributed by atoms with van der Waals surface area (Å²) < 4.78 is 1.88. The van der Waals surface area contributed by atoms with Crippen molar-refractivity contribution in [3.05, 3.63) is 82.7 Å². The maximum absolute atomic E-state index is 13.1. The third kappa shape index (κ3) is 5.53. The van der Waals surface area contributed by atoms with Crippen molar-refractivity contribution in [2.75, 3.05) is 13.1 Å². The van der Waals surface area contributed by atoms with Gasteiger partial charge in [0.05, 0.1) is 17.1 Å². The Balaban J connectivity index is 1.10. The molecule has 8 heteroatoms. The van der Waals surface area contributed by atoms with E-state index >= 15 is 0 Å². The molecule has 0 atom stereocenters. The van der Waals surface area contributed by atoms with Crippen molar-refractivity contribution in [3.8, 4) is 11.1 Å². The normalized spacial score (nSPS) is 14.2. The van der Waals surface area contributed by atoms with E-state index in [1.165, 1.54) is 0 Å². The van der Waals surface area contributed by atoms with Gasteiger partial charge in [-0.05, 0) is 43.9 Å². The van der Waals surface area contributed by atoms with Crippen LogP contribution < -0.4 is 5.56 Å². The maximum atomic E-state index is 13.1. The molecule has 190 valence electrons. The van der Waals surface area contributed by atoms with Gasteiger partial charge in [0.2, 0.25) is 5.91 Å². The van der Waals surface area contributed by atoms with Crippen LogP contribution in [0.3, 0.4) is 0 Å². The van der Waals surface area contributed by atoms with Crippen molar-refractivity contribution < 1.29 is 9.59 Å². The SMILES string of the molecule is CCn1cc(-c2ccc(C(=O)C3CCN(C(=O)CCCc4nc5ccccc5c(=O)[nH]4)CC3)cc2)cn1. The van der Waals surface area contributed by atoms with Crippen LogP contribution in [0, 0.1) is 5.92 Å². The smallest absolute Gasteiger partial charge is 0.258 e. The number of amides is 1. The summed E-state index contributed by atoms with van der Waals surface area (Å²) in [5.41, 5.74) is 3.31. The number of fused-ring (bicyclic) bond motifs is 1. The average Bonchev–Trinajstić information content (AvgIpc) is 3.42. The van der Waals surface area contributed by atoms with Crippen molar-refractivity contribution in [3.63, 3.8) is 0 Å². The zero-order chi connectivity index (χ0) is 25.8. The van der Waals surface area contributed by atoms with Gasteiger partial charge in [0, 0.05) is 55.7 Å². The summed E-state index contributed by atoms with van der Waals surface area (Å²) in [5.74, 6) is 0.774. The Morgan fingerprint density at radius 1 is 1.03 bits per heavy atom. The number of nitrogens with zero attached hydrogens (tertiary/aromatic N) is 4. The largest absolute Gasteiger partial charge is 0.343 e. The Morgan fingerprint density at radius 3 is 2.51 bits per heavy atom. The van der Waals surface area contributed by atoms with E-state index in [0.29, 0.717) is 67.5 Å². The van der Waals surface area contributed by atoms with Crippen LogP contribution in [0.1, 0.15) is 48.8 Å². The number of H-pyrrole nitrogens is 1. The summed E-state index contributed by atoms with van der Waals surface area (Å²) in [6.45, 7) is 4.05. The first-order chi connectivity index (χ1) is 18.0. The molecule has 1 amide bonds. The van der Waals surface area contributed by atoms with Crippen molar-refractivity contribution in [1.29, 1.82) is 0 Å². The minimum Gasteiger partial charge on any atom is -0.343 e. The number of likely N-dealkylation sites (tertiary alicyclic amines) is 1. The summed E-state index contributed by atoms with van der Waals surface area (Å²) in [5, 5.41) is 4.88. The van der Waals surface area contributed by atoms with Crippen LogP contribution >= 0.6 is 0 Å². The highest BCUT2D eigenvalue weighted by atomic mass is 16.2. The van der Waals surface area contributed by atoms with Crippen LogP contribution in [-0.4, -0.2) is 49.4 Å². The number of rotatable bonds is 8. The van der Waals surface area contributed by atoms with Crippen molar-refractivity contribution in [2.24, 2.45) is 5.92 Å². The lowest BCUT2D eigenvalue weighted by Gasteiger charge is -2.31. The molecule has 8 nitrogen and oxygen atoms in total. The number of hydrogen-bond acceptors (Lipinski definition) is 5. The minimum atomic E-state index is -0.152. The Hall–Kier alpha value is -4.07. The van der Waals surface area contributed by atoms with Gasteiger partial charge >= 0.3 is 0 Å². The van der Waals surface area contributed by atoms with E-state index in [1.807, 2.05) is 71.4 Å². The zero-order valence-electron chi connectivity index (χ0n) is 21.0. The van der Waals surface area contributed by atoms with Crippen molar-refractivity contribution in [1.82, 2.24) is 24.6 Å². The first kappa shape index (κ1) is 24.6. The fourth-order valence-electron chi connectivity index (χ4n) is 4.96. The van der Waals surface area contributed by atoms with Gasteiger partial charge in [-0.15, -0.1) is 0 Å². The van der Waals surface area contributed by atoms with Gasteiger partial charge in [0.25, 0.3) is 5.56 Å². The van der Waals surface area contributed by atoms with Crippen LogP contribution in [0.15, 0.2) is 65.7 Å². The number of Topliss-reactive ketones (excluding diaryl/α,β-unsaturated/α-hetero) is 1. The first-order valence-corrected chi connectivity index (χ1v) is 12.9. The molecule has 2 aromatic carbocycles. The molecule has 2 aromatic heterocycles. The minimum absolute atomic E-state index is 0.0652. The Kier molecular flexibility index (Phi) is 7.25. The molecule has 37 heavy (non-hydrogen) atoms. The molecule has 0 unspecified atom stereocenters. The van der Waals surface area contributed by atoms with E-state index in [1.54, 1.807) is 6.07 Å². The van der Waals surface area contributed by atoms with Gasteiger partial charge < -0.3 is 9.88 Å². The summed E-state index contributed by atoms with van der Waals surface area (Å²) in [4.78, 5) is 47.2. The fraction of sp³-hybridized carbons (Fsp3) is 0.345.